The zero-order valence-corrected chi connectivity index (χ0v) is 26.4. The first-order valence-electron chi connectivity index (χ1n) is 14.7. The van der Waals surface area contributed by atoms with Gasteiger partial charge in [-0.2, -0.15) is 5.09 Å². The second-order valence-corrected chi connectivity index (χ2v) is 12.3. The Hall–Kier alpha value is -3.50. The lowest BCUT2D eigenvalue weighted by Crippen LogP contribution is -2.39. The molecule has 0 spiro atoms. The summed E-state index contributed by atoms with van der Waals surface area (Å²) in [5.41, 5.74) is 7.75. The minimum Gasteiger partial charge on any atom is -0.465 e. The molecule has 2 aromatic heterocycles. The van der Waals surface area contributed by atoms with Crippen LogP contribution in [0.15, 0.2) is 54.6 Å². The van der Waals surface area contributed by atoms with E-state index in [4.69, 9.17) is 29.2 Å². The largest absolute Gasteiger partial charge is 0.465 e. The summed E-state index contributed by atoms with van der Waals surface area (Å²) < 4.78 is 39.6. The number of nitrogen functional groups attached to an aromatic ring is 1. The molecule has 11 nitrogen and oxygen atoms in total. The van der Waals surface area contributed by atoms with Gasteiger partial charge in [0, 0.05) is 12.0 Å². The van der Waals surface area contributed by atoms with Crippen molar-refractivity contribution < 1.29 is 27.9 Å². The number of pyridine rings is 1. The van der Waals surface area contributed by atoms with Crippen molar-refractivity contribution in [3.63, 3.8) is 0 Å². The SMILES string of the molecule is CCCC[C@@](C)(CO[P@](=O)(N[C@@H](C)C(=O)OCC)Oc1ccccc1)n1c(COCC)nc2c(N)nc3ccccc3c21. The lowest BCUT2D eigenvalue weighted by atomic mass is 9.94. The molecule has 0 aliphatic carbocycles. The quantitative estimate of drug-likeness (QED) is 0.109. The Morgan fingerprint density at radius 1 is 1.07 bits per heavy atom. The van der Waals surface area contributed by atoms with E-state index in [0.29, 0.717) is 35.9 Å². The van der Waals surface area contributed by atoms with E-state index in [-0.39, 0.29) is 19.8 Å². The number of anilines is 1. The maximum Gasteiger partial charge on any atom is 0.459 e. The molecule has 0 radical (unpaired) electrons. The number of benzene rings is 2. The summed E-state index contributed by atoms with van der Waals surface area (Å²) in [7, 11) is -4.11. The summed E-state index contributed by atoms with van der Waals surface area (Å²) in [6.45, 7) is 10.2. The Morgan fingerprint density at radius 2 is 1.79 bits per heavy atom. The van der Waals surface area contributed by atoms with Gasteiger partial charge in [-0.15, -0.1) is 0 Å². The second-order valence-electron chi connectivity index (χ2n) is 10.6. The van der Waals surface area contributed by atoms with Crippen molar-refractivity contribution in [2.75, 3.05) is 25.6 Å². The molecule has 0 saturated carbocycles. The number of nitrogens with one attached hydrogen (secondary N) is 1. The predicted octanol–water partition coefficient (Wildman–Crippen LogP) is 6.35. The topological polar surface area (TPSA) is 140 Å². The van der Waals surface area contributed by atoms with E-state index >= 15 is 0 Å². The van der Waals surface area contributed by atoms with Gasteiger partial charge in [0.15, 0.2) is 5.82 Å². The number of ether oxygens (including phenoxy) is 2. The number of nitrogens with two attached hydrogens (primary N) is 1. The molecule has 4 rings (SSSR count). The number of hydrogen-bond acceptors (Lipinski definition) is 9. The van der Waals surface area contributed by atoms with Gasteiger partial charge in [-0.25, -0.2) is 14.5 Å². The first kappa shape index (κ1) is 32.4. The van der Waals surface area contributed by atoms with Crippen molar-refractivity contribution in [2.24, 2.45) is 0 Å². The third-order valence-corrected chi connectivity index (χ3v) is 8.76. The van der Waals surface area contributed by atoms with E-state index in [1.54, 1.807) is 38.1 Å². The molecule has 3 atom stereocenters. The van der Waals surface area contributed by atoms with Gasteiger partial charge >= 0.3 is 13.7 Å². The summed E-state index contributed by atoms with van der Waals surface area (Å²) in [5.74, 6) is 0.730. The van der Waals surface area contributed by atoms with Gasteiger partial charge in [0.05, 0.1) is 29.8 Å². The minimum absolute atomic E-state index is 0.0409. The van der Waals surface area contributed by atoms with Gasteiger partial charge in [0.1, 0.15) is 29.7 Å². The Kier molecular flexibility index (Phi) is 10.8. The number of fused-ring (bicyclic) bond motifs is 3. The molecule has 0 bridgehead atoms. The molecule has 0 fully saturated rings. The van der Waals surface area contributed by atoms with Gasteiger partial charge in [-0.05, 0) is 52.3 Å². The highest BCUT2D eigenvalue weighted by Crippen LogP contribution is 2.47. The van der Waals surface area contributed by atoms with Crippen LogP contribution >= 0.6 is 7.75 Å². The van der Waals surface area contributed by atoms with Gasteiger partial charge in [-0.3, -0.25) is 9.32 Å². The van der Waals surface area contributed by atoms with Crippen molar-refractivity contribution in [2.45, 2.75) is 72.1 Å². The van der Waals surface area contributed by atoms with Crippen LogP contribution in [0.2, 0.25) is 0 Å². The number of hydrogen-bond donors (Lipinski definition) is 2. The molecule has 3 N–H and O–H groups in total. The van der Waals surface area contributed by atoms with Crippen LogP contribution in [-0.2, 0) is 35.5 Å². The van der Waals surface area contributed by atoms with Gasteiger partial charge in [-0.1, -0.05) is 56.2 Å². The predicted molar refractivity (Wildman–Crippen MR) is 168 cm³/mol. The maximum absolute atomic E-state index is 14.3. The van der Waals surface area contributed by atoms with Crippen LogP contribution in [0.25, 0.3) is 21.9 Å². The van der Waals surface area contributed by atoms with E-state index in [0.717, 1.165) is 29.3 Å². The average molecular weight is 612 g/mol. The standard InChI is InChI=1S/C31H42N5O6P/c1-6-9-19-31(5,21-41-43(38,35-22(4)30(37)40-8-3)42-23-15-11-10-12-16-23)36-26(20-39-7-2)34-27-28(36)24-17-13-14-18-25(24)33-29(27)32/h10-18,22H,6-9,19-21H2,1-5H3,(H2,32,33)(H,35,38)/t22-,31-,43+/m0/s1. The smallest absolute Gasteiger partial charge is 0.459 e. The fourth-order valence-corrected chi connectivity index (χ4v) is 6.62. The van der Waals surface area contributed by atoms with Crippen molar-refractivity contribution in [3.05, 3.63) is 60.4 Å². The van der Waals surface area contributed by atoms with Crippen LogP contribution in [0, 0.1) is 0 Å². The Bertz CT molecular complexity index is 1580. The third-order valence-electron chi connectivity index (χ3n) is 7.14. The highest BCUT2D eigenvalue weighted by atomic mass is 31.2. The number of imidazole rings is 1. The highest BCUT2D eigenvalue weighted by molar-refractivity contribution is 7.52. The fraction of sp³-hybridized carbons (Fsp3) is 0.452. The van der Waals surface area contributed by atoms with Crippen molar-refractivity contribution >= 4 is 41.5 Å². The Labute approximate surface area is 252 Å². The van der Waals surface area contributed by atoms with Crippen LogP contribution in [0.1, 0.15) is 59.7 Å². The first-order valence-corrected chi connectivity index (χ1v) is 16.3. The molecule has 2 heterocycles. The van der Waals surface area contributed by atoms with Crippen LogP contribution in [0.5, 0.6) is 5.75 Å². The van der Waals surface area contributed by atoms with Crippen molar-refractivity contribution in [1.29, 1.82) is 0 Å². The van der Waals surface area contributed by atoms with E-state index < -0.39 is 25.3 Å². The molecule has 0 amide bonds. The van der Waals surface area contributed by atoms with Crippen LogP contribution < -0.4 is 15.3 Å². The number of esters is 1. The number of carbonyl (C=O) groups is 1. The number of unbranched alkanes of at least 4 members (excludes halogenated alkanes) is 1. The van der Waals surface area contributed by atoms with E-state index in [9.17, 15) is 9.36 Å². The van der Waals surface area contributed by atoms with E-state index in [1.165, 1.54) is 0 Å². The van der Waals surface area contributed by atoms with Gasteiger partial charge in [0.25, 0.3) is 0 Å². The zero-order valence-electron chi connectivity index (χ0n) is 25.5. The molecular formula is C31H42N5O6P. The summed E-state index contributed by atoms with van der Waals surface area (Å²) in [4.78, 5) is 22.0. The van der Waals surface area contributed by atoms with Gasteiger partial charge < -0.3 is 24.3 Å². The minimum atomic E-state index is -4.11. The molecule has 2 aromatic carbocycles. The molecule has 12 heteroatoms. The zero-order chi connectivity index (χ0) is 31.0. The number of aromatic nitrogens is 3. The second kappa shape index (κ2) is 14.3. The first-order chi connectivity index (χ1) is 20.6. The summed E-state index contributed by atoms with van der Waals surface area (Å²) in [6.07, 6.45) is 2.43. The number of carbonyl (C=O) groups excluding carboxylic acids is 1. The summed E-state index contributed by atoms with van der Waals surface area (Å²) >= 11 is 0. The molecule has 0 unspecified atom stereocenters. The summed E-state index contributed by atoms with van der Waals surface area (Å²) in [6, 6.07) is 15.5. The normalized spacial score (nSPS) is 15.2. The Balaban J connectivity index is 1.82. The van der Waals surface area contributed by atoms with Crippen molar-refractivity contribution in [3.8, 4) is 5.75 Å². The lowest BCUT2D eigenvalue weighted by molar-refractivity contribution is -0.144. The average Bonchev–Trinajstić information content (AvgIpc) is 3.40. The lowest BCUT2D eigenvalue weighted by Gasteiger charge is -2.35. The van der Waals surface area contributed by atoms with Crippen LogP contribution in [0.4, 0.5) is 5.82 Å². The number of para-hydroxylation sites is 2. The summed E-state index contributed by atoms with van der Waals surface area (Å²) in [5, 5.41) is 3.66. The van der Waals surface area contributed by atoms with Crippen molar-refractivity contribution in [1.82, 2.24) is 19.6 Å². The van der Waals surface area contributed by atoms with Crippen LogP contribution in [-0.4, -0.2) is 46.4 Å². The van der Waals surface area contributed by atoms with Gasteiger partial charge in [0.2, 0.25) is 0 Å². The Morgan fingerprint density at radius 3 is 2.49 bits per heavy atom. The highest BCUT2D eigenvalue weighted by Gasteiger charge is 2.38. The monoisotopic (exact) mass is 611 g/mol. The molecule has 0 saturated heterocycles. The van der Waals surface area contributed by atoms with Crippen LogP contribution in [0.3, 0.4) is 0 Å². The molecule has 0 aliphatic heterocycles. The molecular weight excluding hydrogens is 569 g/mol. The molecule has 43 heavy (non-hydrogen) atoms. The molecule has 232 valence electrons. The van der Waals surface area contributed by atoms with E-state index in [2.05, 4.69) is 21.6 Å². The number of nitrogens with zero attached hydrogens (tertiary/aromatic N) is 3. The fourth-order valence-electron chi connectivity index (χ4n) is 5.02. The van der Waals surface area contributed by atoms with E-state index in [1.807, 2.05) is 44.2 Å². The maximum atomic E-state index is 14.3. The molecule has 0 aliphatic rings. The third kappa shape index (κ3) is 7.54. The number of rotatable bonds is 16. The molecule has 4 aromatic rings.